The molecule has 1 aromatic carbocycles. The number of methoxy groups -OCH3 is 1. The first-order valence-electron chi connectivity index (χ1n) is 5.97. The van der Waals surface area contributed by atoms with Gasteiger partial charge in [0.05, 0.1) is 12.7 Å². The second-order valence-electron chi connectivity index (χ2n) is 4.33. The fourth-order valence-electron chi connectivity index (χ4n) is 1.92. The van der Waals surface area contributed by atoms with E-state index in [1.54, 1.807) is 24.3 Å². The molecule has 104 valence electrons. The zero-order valence-electron chi connectivity index (χ0n) is 11.2. The number of likely N-dealkylation sites (N-methyl/N-ethyl adjacent to an activating group) is 1. The zero-order valence-corrected chi connectivity index (χ0v) is 11.2. The minimum atomic E-state index is -0.519. The molecular formula is C14H14N2O4. The second kappa shape index (κ2) is 5.56. The molecule has 1 heterocycles. The van der Waals surface area contributed by atoms with Crippen LogP contribution in [0.3, 0.4) is 0 Å². The number of para-hydroxylation sites is 1. The van der Waals surface area contributed by atoms with E-state index in [2.05, 4.69) is 9.72 Å². The Balaban J connectivity index is 2.44. The Labute approximate surface area is 115 Å². The van der Waals surface area contributed by atoms with Crippen molar-refractivity contribution in [2.24, 2.45) is 0 Å². The maximum Gasteiger partial charge on any atom is 0.325 e. The number of aromatic nitrogens is 1. The lowest BCUT2D eigenvalue weighted by Crippen LogP contribution is -2.33. The van der Waals surface area contributed by atoms with Crippen LogP contribution in [0.2, 0.25) is 0 Å². The number of carbonyl (C=O) groups is 2. The largest absolute Gasteiger partial charge is 0.468 e. The summed E-state index contributed by atoms with van der Waals surface area (Å²) in [4.78, 5) is 39.0. The lowest BCUT2D eigenvalue weighted by Gasteiger charge is -2.16. The number of ether oxygens (including phenoxy) is 1. The topological polar surface area (TPSA) is 79.5 Å². The Hall–Kier alpha value is -2.63. The van der Waals surface area contributed by atoms with E-state index in [9.17, 15) is 14.4 Å². The Kier molecular flexibility index (Phi) is 3.84. The molecule has 2 rings (SSSR count). The first-order valence-corrected chi connectivity index (χ1v) is 5.97. The summed E-state index contributed by atoms with van der Waals surface area (Å²) in [5.41, 5.74) is 0.476. The third-order valence-electron chi connectivity index (χ3n) is 2.92. The van der Waals surface area contributed by atoms with Gasteiger partial charge >= 0.3 is 5.97 Å². The number of amides is 1. The summed E-state index contributed by atoms with van der Waals surface area (Å²) in [5.74, 6) is -0.923. The highest BCUT2D eigenvalue weighted by Crippen LogP contribution is 2.15. The number of H-pyrrole nitrogens is 1. The van der Waals surface area contributed by atoms with Gasteiger partial charge in [-0.3, -0.25) is 14.4 Å². The lowest BCUT2D eigenvalue weighted by atomic mass is 10.1. The van der Waals surface area contributed by atoms with Crippen molar-refractivity contribution in [1.82, 2.24) is 9.88 Å². The van der Waals surface area contributed by atoms with Crippen LogP contribution in [0.1, 0.15) is 10.4 Å². The maximum atomic E-state index is 12.3. The molecule has 0 fully saturated rings. The van der Waals surface area contributed by atoms with Gasteiger partial charge in [-0.25, -0.2) is 0 Å². The van der Waals surface area contributed by atoms with Crippen LogP contribution in [-0.4, -0.2) is 42.5 Å². The van der Waals surface area contributed by atoms with Gasteiger partial charge in [0.2, 0.25) is 5.56 Å². The number of aromatic amines is 1. The van der Waals surface area contributed by atoms with Gasteiger partial charge in [-0.15, -0.1) is 0 Å². The molecule has 1 amide bonds. The number of rotatable bonds is 3. The molecule has 2 aromatic rings. The minimum Gasteiger partial charge on any atom is -0.468 e. The predicted octanol–water partition coefficient (Wildman–Crippen LogP) is 0.773. The standard InChI is InChI=1S/C14H14N2O4/c1-16(8-13(18)20-2)14(19)10-7-12(17)15-11-6-4-3-5-9(10)11/h3-7H,8H2,1-2H3,(H,15,17). The van der Waals surface area contributed by atoms with E-state index in [1.165, 1.54) is 25.1 Å². The number of hydrogen-bond acceptors (Lipinski definition) is 4. The highest BCUT2D eigenvalue weighted by Gasteiger charge is 2.18. The smallest absolute Gasteiger partial charge is 0.325 e. The molecule has 0 radical (unpaired) electrons. The summed E-state index contributed by atoms with van der Waals surface area (Å²) >= 11 is 0. The van der Waals surface area contributed by atoms with E-state index < -0.39 is 11.9 Å². The van der Waals surface area contributed by atoms with Crippen LogP contribution in [0.5, 0.6) is 0 Å². The monoisotopic (exact) mass is 274 g/mol. The van der Waals surface area contributed by atoms with Crippen molar-refractivity contribution in [3.05, 3.63) is 46.2 Å². The summed E-state index contributed by atoms with van der Waals surface area (Å²) < 4.78 is 4.52. The number of nitrogens with one attached hydrogen (secondary N) is 1. The molecular weight excluding hydrogens is 260 g/mol. The maximum absolute atomic E-state index is 12.3. The number of esters is 1. The summed E-state index contributed by atoms with van der Waals surface area (Å²) in [7, 11) is 2.73. The molecule has 1 N–H and O–H groups in total. The molecule has 0 unspecified atom stereocenters. The molecule has 6 heteroatoms. The average molecular weight is 274 g/mol. The van der Waals surface area contributed by atoms with E-state index in [4.69, 9.17) is 0 Å². The average Bonchev–Trinajstić information content (AvgIpc) is 2.45. The summed E-state index contributed by atoms with van der Waals surface area (Å²) in [5, 5.41) is 0.633. The summed E-state index contributed by atoms with van der Waals surface area (Å²) in [6.07, 6.45) is 0. The van der Waals surface area contributed by atoms with Crippen molar-refractivity contribution in [3.8, 4) is 0 Å². The highest BCUT2D eigenvalue weighted by atomic mass is 16.5. The van der Waals surface area contributed by atoms with Crippen LogP contribution in [0, 0.1) is 0 Å². The van der Waals surface area contributed by atoms with E-state index >= 15 is 0 Å². The molecule has 0 bridgehead atoms. The molecule has 0 saturated heterocycles. The Bertz CT molecular complexity index is 720. The van der Waals surface area contributed by atoms with Gasteiger partial charge in [0.15, 0.2) is 0 Å². The predicted molar refractivity (Wildman–Crippen MR) is 73.5 cm³/mol. The Morgan fingerprint density at radius 2 is 2.00 bits per heavy atom. The lowest BCUT2D eigenvalue weighted by molar-refractivity contribution is -0.141. The van der Waals surface area contributed by atoms with Crippen LogP contribution < -0.4 is 5.56 Å². The zero-order chi connectivity index (χ0) is 14.7. The normalized spacial score (nSPS) is 10.3. The van der Waals surface area contributed by atoms with Gasteiger partial charge in [0, 0.05) is 24.0 Å². The van der Waals surface area contributed by atoms with Gasteiger partial charge in [0.25, 0.3) is 5.91 Å². The number of pyridine rings is 1. The highest BCUT2D eigenvalue weighted by molar-refractivity contribution is 6.06. The Morgan fingerprint density at radius 3 is 2.70 bits per heavy atom. The van der Waals surface area contributed by atoms with Crippen LogP contribution >= 0.6 is 0 Å². The van der Waals surface area contributed by atoms with Crippen molar-refractivity contribution in [2.75, 3.05) is 20.7 Å². The van der Waals surface area contributed by atoms with E-state index in [1.807, 2.05) is 0 Å². The fraction of sp³-hybridized carbons (Fsp3) is 0.214. The van der Waals surface area contributed by atoms with Crippen molar-refractivity contribution in [3.63, 3.8) is 0 Å². The molecule has 1 aromatic heterocycles. The van der Waals surface area contributed by atoms with E-state index in [0.29, 0.717) is 10.9 Å². The molecule has 0 atom stereocenters. The number of benzene rings is 1. The fourth-order valence-corrected chi connectivity index (χ4v) is 1.92. The van der Waals surface area contributed by atoms with Gasteiger partial charge in [0.1, 0.15) is 6.54 Å². The molecule has 0 aliphatic carbocycles. The van der Waals surface area contributed by atoms with E-state index in [-0.39, 0.29) is 17.7 Å². The van der Waals surface area contributed by atoms with Gasteiger partial charge in [-0.2, -0.15) is 0 Å². The van der Waals surface area contributed by atoms with Gasteiger partial charge in [-0.05, 0) is 6.07 Å². The molecule has 0 aliphatic rings. The van der Waals surface area contributed by atoms with Crippen molar-refractivity contribution in [1.29, 1.82) is 0 Å². The van der Waals surface area contributed by atoms with Crippen molar-refractivity contribution >= 4 is 22.8 Å². The van der Waals surface area contributed by atoms with Crippen molar-refractivity contribution < 1.29 is 14.3 Å². The third kappa shape index (κ3) is 2.69. The number of fused-ring (bicyclic) bond motifs is 1. The number of hydrogen-bond donors (Lipinski definition) is 1. The number of carbonyl (C=O) groups excluding carboxylic acids is 2. The van der Waals surface area contributed by atoms with Gasteiger partial charge < -0.3 is 14.6 Å². The SMILES string of the molecule is COC(=O)CN(C)C(=O)c1cc(=O)[nH]c2ccccc12. The summed E-state index contributed by atoms with van der Waals surface area (Å²) in [6.45, 7) is -0.170. The first-order chi connectivity index (χ1) is 9.52. The third-order valence-corrected chi connectivity index (χ3v) is 2.92. The Morgan fingerprint density at radius 1 is 1.30 bits per heavy atom. The van der Waals surface area contributed by atoms with Crippen LogP contribution in [-0.2, 0) is 9.53 Å². The van der Waals surface area contributed by atoms with Gasteiger partial charge in [-0.1, -0.05) is 18.2 Å². The molecule has 0 saturated carbocycles. The second-order valence-corrected chi connectivity index (χ2v) is 4.33. The van der Waals surface area contributed by atoms with E-state index in [0.717, 1.165) is 0 Å². The molecule has 6 nitrogen and oxygen atoms in total. The number of nitrogens with zero attached hydrogens (tertiary/aromatic N) is 1. The minimum absolute atomic E-state index is 0.170. The quantitative estimate of drug-likeness (QED) is 0.838. The first kappa shape index (κ1) is 13.8. The molecule has 0 spiro atoms. The van der Waals surface area contributed by atoms with Crippen LogP contribution in [0.15, 0.2) is 35.1 Å². The van der Waals surface area contributed by atoms with Crippen LogP contribution in [0.4, 0.5) is 0 Å². The van der Waals surface area contributed by atoms with Crippen molar-refractivity contribution in [2.45, 2.75) is 0 Å². The van der Waals surface area contributed by atoms with Crippen LogP contribution in [0.25, 0.3) is 10.9 Å². The summed E-state index contributed by atoms with van der Waals surface area (Å²) in [6, 6.07) is 8.24. The molecule has 20 heavy (non-hydrogen) atoms. The molecule has 0 aliphatic heterocycles.